The second-order valence-electron chi connectivity index (χ2n) is 3.05. The normalized spacial score (nSPS) is 9.31. The Balaban J connectivity index is 3.27. The first kappa shape index (κ1) is 9.22. The van der Waals surface area contributed by atoms with Crippen LogP contribution in [0.3, 0.4) is 0 Å². The molecular weight excluding hydrogens is 162 g/mol. The molecule has 0 saturated heterocycles. The van der Waals surface area contributed by atoms with E-state index in [1.165, 1.54) is 0 Å². The number of aromatic nitrogens is 1. The van der Waals surface area contributed by atoms with Gasteiger partial charge in [-0.25, -0.2) is 4.98 Å². The summed E-state index contributed by atoms with van der Waals surface area (Å²) in [5.41, 5.74) is 1.59. The molecule has 0 amide bonds. The first-order chi connectivity index (χ1) is 6.17. The van der Waals surface area contributed by atoms with E-state index < -0.39 is 0 Å². The van der Waals surface area contributed by atoms with Crippen molar-refractivity contribution in [1.82, 2.24) is 4.98 Å². The maximum atomic E-state index is 8.64. The Morgan fingerprint density at radius 3 is 1.92 bits per heavy atom. The zero-order valence-corrected chi connectivity index (χ0v) is 7.57. The number of nitrogens with zero attached hydrogens (tertiary/aromatic N) is 3. The second-order valence-corrected chi connectivity index (χ2v) is 3.05. The maximum absolute atomic E-state index is 8.64. The van der Waals surface area contributed by atoms with Crippen molar-refractivity contribution in [3.8, 4) is 12.1 Å². The molecule has 1 rings (SSSR count). The average molecular weight is 171 g/mol. The third-order valence-corrected chi connectivity index (χ3v) is 1.74. The highest BCUT2D eigenvalue weighted by atomic mass is 14.7. The summed E-state index contributed by atoms with van der Waals surface area (Å²) in [4.78, 5) is 3.83. The molecule has 1 aromatic rings. The summed E-state index contributed by atoms with van der Waals surface area (Å²) < 4.78 is 0. The highest BCUT2D eigenvalue weighted by Crippen LogP contribution is 2.15. The second kappa shape index (κ2) is 3.69. The first-order valence-electron chi connectivity index (χ1n) is 3.99. The lowest BCUT2D eigenvalue weighted by Crippen LogP contribution is -1.94. The van der Waals surface area contributed by atoms with E-state index in [2.05, 4.69) is 4.98 Å². The third-order valence-electron chi connectivity index (χ3n) is 1.74. The molecule has 0 aliphatic rings. The van der Waals surface area contributed by atoms with Crippen molar-refractivity contribution in [2.75, 3.05) is 0 Å². The van der Waals surface area contributed by atoms with E-state index >= 15 is 0 Å². The molecule has 3 nitrogen and oxygen atoms in total. The van der Waals surface area contributed by atoms with Crippen molar-refractivity contribution in [2.45, 2.75) is 19.8 Å². The van der Waals surface area contributed by atoms with Crippen LogP contribution in [0.1, 0.15) is 36.7 Å². The van der Waals surface area contributed by atoms with Crippen LogP contribution in [0, 0.1) is 22.7 Å². The van der Waals surface area contributed by atoms with Gasteiger partial charge in [0.2, 0.25) is 0 Å². The summed E-state index contributed by atoms with van der Waals surface area (Å²) in [6, 6.07) is 7.30. The van der Waals surface area contributed by atoms with Gasteiger partial charge < -0.3 is 0 Å². The van der Waals surface area contributed by atoms with Gasteiger partial charge in [-0.2, -0.15) is 10.5 Å². The first-order valence-corrected chi connectivity index (χ1v) is 3.99. The quantitative estimate of drug-likeness (QED) is 0.648. The standard InChI is InChI=1S/C10H9N3/c1-7(2)8-3-9(5-11)13-10(4-8)6-12/h3-4,7H,1-2H3. The molecule has 0 bridgehead atoms. The van der Waals surface area contributed by atoms with E-state index in [9.17, 15) is 0 Å². The number of pyridine rings is 1. The summed E-state index contributed by atoms with van der Waals surface area (Å²) in [5, 5.41) is 17.3. The molecule has 0 atom stereocenters. The molecule has 0 fully saturated rings. The summed E-state index contributed by atoms with van der Waals surface area (Å²) in [6.45, 7) is 4.02. The lowest BCUT2D eigenvalue weighted by atomic mass is 10.0. The van der Waals surface area contributed by atoms with Gasteiger partial charge in [0.25, 0.3) is 0 Å². The van der Waals surface area contributed by atoms with Crippen LogP contribution in [-0.4, -0.2) is 4.98 Å². The van der Waals surface area contributed by atoms with Gasteiger partial charge in [0.05, 0.1) is 0 Å². The van der Waals surface area contributed by atoms with E-state index in [0.29, 0.717) is 17.3 Å². The Morgan fingerprint density at radius 2 is 1.62 bits per heavy atom. The van der Waals surface area contributed by atoms with E-state index in [1.807, 2.05) is 26.0 Å². The van der Waals surface area contributed by atoms with E-state index in [-0.39, 0.29) is 0 Å². The third kappa shape index (κ3) is 2.04. The zero-order valence-electron chi connectivity index (χ0n) is 7.57. The van der Waals surface area contributed by atoms with Crippen LogP contribution in [0.15, 0.2) is 12.1 Å². The van der Waals surface area contributed by atoms with Crippen molar-refractivity contribution in [2.24, 2.45) is 0 Å². The van der Waals surface area contributed by atoms with Crippen LogP contribution in [0.2, 0.25) is 0 Å². The molecule has 1 heterocycles. The summed E-state index contributed by atoms with van der Waals surface area (Å²) >= 11 is 0. The Hall–Kier alpha value is -1.87. The van der Waals surface area contributed by atoms with Crippen LogP contribution in [-0.2, 0) is 0 Å². The van der Waals surface area contributed by atoms with Crippen LogP contribution >= 0.6 is 0 Å². The topological polar surface area (TPSA) is 60.5 Å². The van der Waals surface area contributed by atoms with E-state index in [1.54, 1.807) is 12.1 Å². The van der Waals surface area contributed by atoms with Gasteiger partial charge in [0.1, 0.15) is 23.5 Å². The fourth-order valence-corrected chi connectivity index (χ4v) is 1.000. The van der Waals surface area contributed by atoms with Gasteiger partial charge in [-0.1, -0.05) is 13.8 Å². The average Bonchev–Trinajstić information content (AvgIpc) is 2.16. The SMILES string of the molecule is CC(C)c1cc(C#N)nc(C#N)c1. The molecule has 0 aliphatic carbocycles. The molecule has 0 unspecified atom stereocenters. The summed E-state index contributed by atoms with van der Waals surface area (Å²) in [5.74, 6) is 0.308. The lowest BCUT2D eigenvalue weighted by Gasteiger charge is -2.04. The molecule has 64 valence electrons. The van der Waals surface area contributed by atoms with Crippen molar-refractivity contribution >= 4 is 0 Å². The molecule has 0 radical (unpaired) electrons. The highest BCUT2D eigenvalue weighted by Gasteiger charge is 2.04. The minimum Gasteiger partial charge on any atom is -0.226 e. The summed E-state index contributed by atoms with van der Waals surface area (Å²) in [7, 11) is 0. The molecule has 0 N–H and O–H groups in total. The summed E-state index contributed by atoms with van der Waals surface area (Å²) in [6.07, 6.45) is 0. The van der Waals surface area contributed by atoms with Crippen molar-refractivity contribution in [1.29, 1.82) is 10.5 Å². The number of hydrogen-bond acceptors (Lipinski definition) is 3. The number of hydrogen-bond donors (Lipinski definition) is 0. The van der Waals surface area contributed by atoms with Crippen molar-refractivity contribution in [3.05, 3.63) is 29.1 Å². The monoisotopic (exact) mass is 171 g/mol. The molecule has 13 heavy (non-hydrogen) atoms. The van der Waals surface area contributed by atoms with E-state index in [0.717, 1.165) is 5.56 Å². The van der Waals surface area contributed by atoms with E-state index in [4.69, 9.17) is 10.5 Å². The van der Waals surface area contributed by atoms with Crippen molar-refractivity contribution < 1.29 is 0 Å². The number of nitriles is 2. The number of rotatable bonds is 1. The maximum Gasteiger partial charge on any atom is 0.142 e. The van der Waals surface area contributed by atoms with Gasteiger partial charge in [0.15, 0.2) is 0 Å². The predicted octanol–water partition coefficient (Wildman–Crippen LogP) is 1.95. The Morgan fingerprint density at radius 1 is 1.15 bits per heavy atom. The van der Waals surface area contributed by atoms with Gasteiger partial charge in [-0.3, -0.25) is 0 Å². The Kier molecular flexibility index (Phi) is 2.62. The Bertz CT molecular complexity index is 361. The van der Waals surface area contributed by atoms with Crippen molar-refractivity contribution in [3.63, 3.8) is 0 Å². The van der Waals surface area contributed by atoms with Crippen LogP contribution in [0.4, 0.5) is 0 Å². The zero-order chi connectivity index (χ0) is 9.84. The smallest absolute Gasteiger partial charge is 0.142 e. The molecule has 0 saturated carbocycles. The van der Waals surface area contributed by atoms with Gasteiger partial charge in [-0.15, -0.1) is 0 Å². The molecular formula is C10H9N3. The lowest BCUT2D eigenvalue weighted by molar-refractivity contribution is 0.860. The fraction of sp³-hybridized carbons (Fsp3) is 0.300. The predicted molar refractivity (Wildman–Crippen MR) is 47.8 cm³/mol. The fourth-order valence-electron chi connectivity index (χ4n) is 1.000. The minimum absolute atomic E-state index is 0.308. The molecule has 0 aliphatic heterocycles. The highest BCUT2D eigenvalue weighted by molar-refractivity contribution is 5.35. The molecule has 0 aromatic carbocycles. The van der Waals surface area contributed by atoms with Gasteiger partial charge in [-0.05, 0) is 23.6 Å². The van der Waals surface area contributed by atoms with Gasteiger partial charge >= 0.3 is 0 Å². The van der Waals surface area contributed by atoms with Crippen LogP contribution < -0.4 is 0 Å². The van der Waals surface area contributed by atoms with Gasteiger partial charge in [0, 0.05) is 0 Å². The molecule has 3 heteroatoms. The molecule has 1 aromatic heterocycles. The minimum atomic E-state index is 0.308. The Labute approximate surface area is 77.3 Å². The van der Waals surface area contributed by atoms with Crippen LogP contribution in [0.25, 0.3) is 0 Å². The van der Waals surface area contributed by atoms with Crippen LogP contribution in [0.5, 0.6) is 0 Å². The largest absolute Gasteiger partial charge is 0.226 e. The molecule has 0 spiro atoms.